The lowest BCUT2D eigenvalue weighted by molar-refractivity contribution is 0.0364. The van der Waals surface area contributed by atoms with Crippen LogP contribution < -0.4 is 33.5 Å². The number of carbonyl (C=O) groups excluding carboxylic acids is 8. The van der Waals surface area contributed by atoms with Gasteiger partial charge in [0.25, 0.3) is 40.3 Å². The van der Waals surface area contributed by atoms with Crippen molar-refractivity contribution in [2.45, 2.75) is 77.3 Å². The summed E-state index contributed by atoms with van der Waals surface area (Å²) in [6.45, 7) is 6.95. The third-order valence-corrected chi connectivity index (χ3v) is 20.4. The molecule has 0 fully saturated rings. The van der Waals surface area contributed by atoms with Crippen LogP contribution in [0.2, 0.25) is 0 Å². The molecule has 0 spiro atoms. The number of halogens is 4. The molecule has 0 saturated carbocycles. The van der Waals surface area contributed by atoms with Crippen LogP contribution in [0.4, 0.5) is 0 Å². The van der Waals surface area contributed by atoms with Crippen molar-refractivity contribution in [2.75, 3.05) is 142 Å². The summed E-state index contributed by atoms with van der Waals surface area (Å²) in [7, 11) is 12.9. The van der Waals surface area contributed by atoms with Gasteiger partial charge in [-0.15, -0.1) is 0 Å². The van der Waals surface area contributed by atoms with E-state index in [1.807, 2.05) is 0 Å². The number of esters is 4. The van der Waals surface area contributed by atoms with E-state index in [1.165, 1.54) is 31.1 Å². The van der Waals surface area contributed by atoms with Gasteiger partial charge in [-0.25, -0.2) is 19.2 Å². The molecule has 33 heteroatoms. The molecule has 6 heterocycles. The molecule has 1 aliphatic carbocycles. The van der Waals surface area contributed by atoms with Gasteiger partial charge in [0.05, 0.1) is 55.1 Å². The summed E-state index contributed by atoms with van der Waals surface area (Å²) in [5.74, 6) is -5.39. The van der Waals surface area contributed by atoms with Gasteiger partial charge in [-0.1, -0.05) is 0 Å². The first kappa shape index (κ1) is 85.9. The number of hydrogen-bond donors (Lipinski definition) is 3. The Morgan fingerprint density at radius 1 is 0.370 bits per heavy atom. The number of cyclic esters (lactones) is 4. The van der Waals surface area contributed by atoms with Gasteiger partial charge in [-0.3, -0.25) is 57.5 Å². The minimum absolute atomic E-state index is 0.101. The van der Waals surface area contributed by atoms with Gasteiger partial charge < -0.3 is 63.9 Å². The number of aryl methyl sites for hydroxylation is 1. The second-order valence-electron chi connectivity index (χ2n) is 24.9. The maximum absolute atomic E-state index is 14.0. The lowest BCUT2D eigenvalue weighted by atomic mass is 9.85. The maximum atomic E-state index is 14.0. The Morgan fingerprint density at radius 3 is 1.19 bits per heavy atom. The first-order valence-corrected chi connectivity index (χ1v) is 37.8. The maximum Gasteiger partial charge on any atom is 0.347 e. The van der Waals surface area contributed by atoms with E-state index >= 15 is 0 Å². The Morgan fingerprint density at radius 2 is 0.750 bits per heavy atom. The van der Waals surface area contributed by atoms with Crippen LogP contribution >= 0.6 is 63.7 Å². The summed E-state index contributed by atoms with van der Waals surface area (Å²) in [4.78, 5) is 150. The zero-order valence-corrected chi connectivity index (χ0v) is 67.4. The highest BCUT2D eigenvalue weighted by Crippen LogP contribution is 2.46. The second-order valence-corrected chi connectivity index (χ2v) is 28.3. The van der Waals surface area contributed by atoms with E-state index < -0.39 is 64.2 Å². The lowest BCUT2D eigenvalue weighted by Crippen LogP contribution is -2.44. The Labute approximate surface area is 653 Å². The quantitative estimate of drug-likeness (QED) is 0.0120. The Kier molecular flexibility index (Phi) is 32.0. The minimum Gasteiger partial charge on any atom is -0.494 e. The number of aromatic hydroxyl groups is 1. The third-order valence-electron chi connectivity index (χ3n) is 17.9. The molecule has 0 bridgehead atoms. The number of carbonyl (C=O) groups is 8. The number of nitrogens with zero attached hydrogens (tertiary/aromatic N) is 5. The average Bonchev–Trinajstić information content (AvgIpc) is 0.706. The van der Waals surface area contributed by atoms with Crippen molar-refractivity contribution in [3.05, 3.63) is 141 Å². The Bertz CT molecular complexity index is 4760. The monoisotopic (exact) mass is 1750 g/mol. The van der Waals surface area contributed by atoms with Gasteiger partial charge in [0, 0.05) is 209 Å². The summed E-state index contributed by atoms with van der Waals surface area (Å²) >= 11 is 13.2. The Hall–Kier alpha value is -7.74. The number of amides is 4. The largest absolute Gasteiger partial charge is 0.494 e. The highest BCUT2D eigenvalue weighted by Gasteiger charge is 2.43. The summed E-state index contributed by atoms with van der Waals surface area (Å²) in [6, 6.07) is 9.33. The van der Waals surface area contributed by atoms with Crippen LogP contribution in [0.25, 0.3) is 54.2 Å². The SMILES string of the molecule is COCCCCc1cc2c(O)n(CCCOC)c(=O)c3c(=NCCCOC)cc4c(=O)n(CCCOC)c(=O)c1c-4c23.COCCCN.COCCCN.COCCCN1C(=O)c2cc(Br)c3c4c(cc(Br)c(c24)C1=O)C(=O)N(CCCOC)C3=O.O=C1OC(=O)c2c(Br)cc3c4c(c(Br)cc1c24)C(=O)OC3=O. The molecule has 4 amide bonds. The molecule has 12 rings (SSSR count). The average molecular weight is 1760 g/mol. The van der Waals surface area contributed by atoms with Crippen molar-refractivity contribution >= 4 is 154 Å². The molecule has 108 heavy (non-hydrogen) atoms. The number of nitrogens with two attached hydrogens (primary N) is 2. The van der Waals surface area contributed by atoms with Crippen molar-refractivity contribution in [1.29, 1.82) is 0 Å². The van der Waals surface area contributed by atoms with Gasteiger partial charge in [-0.2, -0.15) is 0 Å². The van der Waals surface area contributed by atoms with Gasteiger partial charge in [0.15, 0.2) is 0 Å². The summed E-state index contributed by atoms with van der Waals surface area (Å²) in [5.41, 5.74) is 12.0. The standard InChI is InChI=1S/C31H41N3O8.C22H20Br2N2O6.C14H2Br2O6.2C4H11NO/c1-39-14-6-5-10-20-18-21-26-25-22(29(36)33(12-8-16-41-3)30(37)24(20)25)19-23(32-11-7-15-40-2)27(26)31(38)34(28(21)35)13-9-17-42-4;1-31-7-3-5-25-19(27)11-9-14(24)18-16-12(10-13(23)17(15(11)16)21(25)29)20(28)26(22(18)30)6-4-8-32-2;15-5-1-3-7-8-4(12(18)22-13(19)9(5)8)2-6(16)10(7)14(20)21-11(3)17;2*1-6-4-2-3-5/h18-19,35H,5-17H2,1-4H3;9-10H,3-8H2,1-2H3;1-2H;2*2-5H2,1H3. The molecule has 0 radical (unpaired) electrons. The fourth-order valence-electron chi connectivity index (χ4n) is 13.0. The van der Waals surface area contributed by atoms with Crippen LogP contribution in [0.15, 0.2) is 73.7 Å². The first-order chi connectivity index (χ1) is 52.0. The van der Waals surface area contributed by atoms with Crippen molar-refractivity contribution in [2.24, 2.45) is 16.5 Å². The molecular formula is C75H85Br4N7O22. The lowest BCUT2D eigenvalue weighted by Gasteiger charge is -2.33. The zero-order valence-electron chi connectivity index (χ0n) is 61.1. The molecular weight excluding hydrogens is 1670 g/mol. The Balaban J connectivity index is 0.000000196. The highest BCUT2D eigenvalue weighted by atomic mass is 79.9. The van der Waals surface area contributed by atoms with E-state index in [1.54, 1.807) is 81.1 Å². The number of hydrogen-bond acceptors (Lipinski definition) is 25. The molecule has 580 valence electrons. The van der Waals surface area contributed by atoms with Crippen molar-refractivity contribution < 1.29 is 90.8 Å². The van der Waals surface area contributed by atoms with Gasteiger partial charge in [0.2, 0.25) is 5.88 Å². The molecule has 6 aliphatic rings. The number of methoxy groups -OCH3 is 8. The summed E-state index contributed by atoms with van der Waals surface area (Å²) < 4.78 is 53.6. The number of aromatic nitrogens is 2. The molecule has 0 unspecified atom stereocenters. The molecule has 5 aliphatic heterocycles. The predicted molar refractivity (Wildman–Crippen MR) is 415 cm³/mol. The van der Waals surface area contributed by atoms with Gasteiger partial charge in [0.1, 0.15) is 0 Å². The van der Waals surface area contributed by atoms with E-state index in [9.17, 15) is 57.8 Å². The van der Waals surface area contributed by atoms with Crippen LogP contribution in [0, 0.1) is 0 Å². The number of imide groups is 2. The van der Waals surface area contributed by atoms with E-state index in [4.69, 9.17) is 63.8 Å². The molecule has 1 aromatic heterocycles. The molecule has 6 aromatic rings. The molecule has 5 aromatic carbocycles. The minimum atomic E-state index is -0.837. The normalized spacial score (nSPS) is 13.7. The van der Waals surface area contributed by atoms with Crippen LogP contribution in [-0.4, -0.2) is 214 Å². The van der Waals surface area contributed by atoms with E-state index in [-0.39, 0.29) is 102 Å². The number of rotatable bonds is 31. The molecule has 5 N–H and O–H groups in total. The zero-order chi connectivity index (χ0) is 78.8. The smallest absolute Gasteiger partial charge is 0.347 e. The van der Waals surface area contributed by atoms with E-state index in [0.29, 0.717) is 137 Å². The van der Waals surface area contributed by atoms with Gasteiger partial charge >= 0.3 is 23.9 Å². The van der Waals surface area contributed by atoms with E-state index in [0.717, 1.165) is 57.6 Å². The number of benzene rings is 6. The van der Waals surface area contributed by atoms with Crippen molar-refractivity contribution in [3.63, 3.8) is 0 Å². The highest BCUT2D eigenvalue weighted by molar-refractivity contribution is 9.11. The second kappa shape index (κ2) is 40.3. The van der Waals surface area contributed by atoms with Crippen LogP contribution in [0.5, 0.6) is 5.88 Å². The number of pyridine rings is 2. The third kappa shape index (κ3) is 18.2. The summed E-state index contributed by atoms with van der Waals surface area (Å²) in [5, 5.41) is 14.5. The van der Waals surface area contributed by atoms with Crippen molar-refractivity contribution in [1.82, 2.24) is 18.9 Å². The number of ether oxygens (including phenoxy) is 10. The fourth-order valence-corrected chi connectivity index (χ4v) is 15.4. The topological polar surface area (TPSA) is 381 Å². The predicted octanol–water partition coefficient (Wildman–Crippen LogP) is 8.92. The van der Waals surface area contributed by atoms with Gasteiger partial charge in [-0.05, 0) is 183 Å². The fraction of sp³-hybridized carbons (Fsp3) is 0.440. The summed E-state index contributed by atoms with van der Waals surface area (Å²) in [6.07, 6.45) is 6.61. The van der Waals surface area contributed by atoms with E-state index in [2.05, 4.69) is 63.7 Å². The van der Waals surface area contributed by atoms with Crippen LogP contribution in [0.3, 0.4) is 0 Å². The first-order valence-electron chi connectivity index (χ1n) is 34.6. The molecule has 0 saturated heterocycles. The van der Waals surface area contributed by atoms with Crippen molar-refractivity contribution in [3.8, 4) is 17.0 Å². The molecule has 0 atom stereocenters. The van der Waals surface area contributed by atoms with Crippen LogP contribution in [-0.2, 0) is 66.9 Å². The van der Waals surface area contributed by atoms with Crippen LogP contribution in [0.1, 0.15) is 146 Å². The number of unbranched alkanes of at least 4 members (excludes halogenated alkanes) is 1. The molecule has 29 nitrogen and oxygen atoms in total.